The molecule has 1 N–H and O–H groups in total. The van der Waals surface area contributed by atoms with Crippen molar-refractivity contribution >= 4 is 11.6 Å². The molecule has 0 bridgehead atoms. The smallest absolute Gasteiger partial charge is 0.232 e. The quantitative estimate of drug-likeness (QED) is 0.862. The van der Waals surface area contributed by atoms with Gasteiger partial charge in [-0.2, -0.15) is 0 Å². The van der Waals surface area contributed by atoms with E-state index < -0.39 is 5.92 Å². The Morgan fingerprint density at radius 2 is 1.75 bits per heavy atom. The number of amides is 1. The maximum atomic E-state index is 13.3. The molecule has 5 heteroatoms. The topological polar surface area (TPSA) is 47.6 Å². The molecule has 0 saturated carbocycles. The minimum absolute atomic E-state index is 0.0525. The van der Waals surface area contributed by atoms with Crippen molar-refractivity contribution in [2.24, 2.45) is 5.92 Å². The Labute approximate surface area is 141 Å². The molecule has 2 aromatic rings. The maximum absolute atomic E-state index is 13.3. The van der Waals surface area contributed by atoms with Gasteiger partial charge in [0.25, 0.3) is 0 Å². The molecule has 2 aromatic carbocycles. The van der Waals surface area contributed by atoms with E-state index in [0.29, 0.717) is 17.2 Å². The van der Waals surface area contributed by atoms with Crippen LogP contribution in [0.3, 0.4) is 0 Å². The van der Waals surface area contributed by atoms with Gasteiger partial charge in [0, 0.05) is 5.69 Å². The summed E-state index contributed by atoms with van der Waals surface area (Å²) in [6.45, 7) is 3.93. The number of halogens is 1. The Morgan fingerprint density at radius 3 is 2.33 bits per heavy atom. The van der Waals surface area contributed by atoms with Gasteiger partial charge >= 0.3 is 0 Å². The van der Waals surface area contributed by atoms with E-state index >= 15 is 0 Å². The average molecular weight is 331 g/mol. The third-order valence-electron chi connectivity index (χ3n) is 3.81. The fraction of sp³-hybridized carbons (Fsp3) is 0.316. The Kier molecular flexibility index (Phi) is 5.79. The summed E-state index contributed by atoms with van der Waals surface area (Å²) in [6.07, 6.45) is 0. The van der Waals surface area contributed by atoms with Crippen LogP contribution in [0, 0.1) is 11.7 Å². The second kappa shape index (κ2) is 7.81. The van der Waals surface area contributed by atoms with Gasteiger partial charge in [0.05, 0.1) is 20.1 Å². The van der Waals surface area contributed by atoms with E-state index in [-0.39, 0.29) is 17.6 Å². The third-order valence-corrected chi connectivity index (χ3v) is 3.81. The van der Waals surface area contributed by atoms with Gasteiger partial charge in [0.2, 0.25) is 5.91 Å². The molecule has 0 radical (unpaired) electrons. The number of anilines is 1. The highest BCUT2D eigenvalue weighted by Gasteiger charge is 2.25. The Morgan fingerprint density at radius 1 is 1.04 bits per heavy atom. The average Bonchev–Trinajstić information content (AvgIpc) is 2.54. The Bertz CT molecular complexity index is 716. The van der Waals surface area contributed by atoms with Crippen LogP contribution >= 0.6 is 0 Å². The summed E-state index contributed by atoms with van der Waals surface area (Å²) < 4.78 is 23.8. The maximum Gasteiger partial charge on any atom is 0.232 e. The SMILES string of the molecule is COc1ccc(C(C(=O)Nc2cccc(F)c2)C(C)C)cc1OC. The van der Waals surface area contributed by atoms with E-state index in [2.05, 4.69) is 5.32 Å². The molecular weight excluding hydrogens is 309 g/mol. The first-order valence-electron chi connectivity index (χ1n) is 7.74. The first-order chi connectivity index (χ1) is 11.5. The summed E-state index contributed by atoms with van der Waals surface area (Å²) in [4.78, 5) is 12.7. The molecule has 24 heavy (non-hydrogen) atoms. The van der Waals surface area contributed by atoms with Crippen molar-refractivity contribution in [3.05, 3.63) is 53.8 Å². The van der Waals surface area contributed by atoms with Gasteiger partial charge in [-0.05, 0) is 41.8 Å². The summed E-state index contributed by atoms with van der Waals surface area (Å²) in [6, 6.07) is 11.3. The highest BCUT2D eigenvalue weighted by molar-refractivity contribution is 5.96. The first-order valence-corrected chi connectivity index (χ1v) is 7.74. The highest BCUT2D eigenvalue weighted by atomic mass is 19.1. The highest BCUT2D eigenvalue weighted by Crippen LogP contribution is 2.34. The fourth-order valence-electron chi connectivity index (χ4n) is 2.67. The number of ether oxygens (including phenoxy) is 2. The standard InChI is InChI=1S/C19H22FNO3/c1-12(2)18(13-8-9-16(23-3)17(10-13)24-4)19(22)21-15-7-5-6-14(20)11-15/h5-12,18H,1-4H3,(H,21,22). The summed E-state index contributed by atoms with van der Waals surface area (Å²) in [5.74, 6) is 0.251. The Hall–Kier alpha value is -2.56. The predicted molar refractivity (Wildman–Crippen MR) is 92.2 cm³/mol. The number of hydrogen-bond acceptors (Lipinski definition) is 3. The zero-order valence-corrected chi connectivity index (χ0v) is 14.3. The summed E-state index contributed by atoms with van der Waals surface area (Å²) in [5, 5.41) is 2.78. The number of benzene rings is 2. The van der Waals surface area contributed by atoms with Gasteiger partial charge in [-0.25, -0.2) is 4.39 Å². The lowest BCUT2D eigenvalue weighted by Crippen LogP contribution is -2.25. The van der Waals surface area contributed by atoms with Crippen LogP contribution in [0.5, 0.6) is 11.5 Å². The van der Waals surface area contributed by atoms with Gasteiger partial charge in [0.15, 0.2) is 11.5 Å². The molecule has 0 aromatic heterocycles. The number of rotatable bonds is 6. The molecule has 4 nitrogen and oxygen atoms in total. The minimum Gasteiger partial charge on any atom is -0.493 e. The molecule has 0 saturated heterocycles. The van der Waals surface area contributed by atoms with Gasteiger partial charge in [-0.15, -0.1) is 0 Å². The van der Waals surface area contributed by atoms with Crippen LogP contribution in [0.15, 0.2) is 42.5 Å². The van der Waals surface area contributed by atoms with E-state index in [1.807, 2.05) is 19.9 Å². The molecule has 0 heterocycles. The molecular formula is C19H22FNO3. The number of methoxy groups -OCH3 is 2. The molecule has 0 spiro atoms. The van der Waals surface area contributed by atoms with Crippen molar-refractivity contribution in [1.29, 1.82) is 0 Å². The molecule has 1 unspecified atom stereocenters. The second-order valence-corrected chi connectivity index (χ2v) is 5.84. The third kappa shape index (κ3) is 4.04. The monoisotopic (exact) mass is 331 g/mol. The number of nitrogens with one attached hydrogen (secondary N) is 1. The molecule has 2 rings (SSSR count). The molecule has 1 amide bonds. The van der Waals surface area contributed by atoms with Crippen LogP contribution in [-0.4, -0.2) is 20.1 Å². The van der Waals surface area contributed by atoms with E-state index in [4.69, 9.17) is 9.47 Å². The molecule has 0 aliphatic heterocycles. The fourth-order valence-corrected chi connectivity index (χ4v) is 2.67. The van der Waals surface area contributed by atoms with E-state index in [1.54, 1.807) is 38.5 Å². The second-order valence-electron chi connectivity index (χ2n) is 5.84. The van der Waals surface area contributed by atoms with E-state index in [1.165, 1.54) is 12.1 Å². The zero-order chi connectivity index (χ0) is 17.7. The Balaban J connectivity index is 2.30. The van der Waals surface area contributed by atoms with Crippen molar-refractivity contribution in [3.8, 4) is 11.5 Å². The van der Waals surface area contributed by atoms with Crippen LogP contribution in [-0.2, 0) is 4.79 Å². The van der Waals surface area contributed by atoms with Gasteiger partial charge in [0.1, 0.15) is 5.82 Å². The van der Waals surface area contributed by atoms with Crippen molar-refractivity contribution in [2.75, 3.05) is 19.5 Å². The van der Waals surface area contributed by atoms with Crippen molar-refractivity contribution in [3.63, 3.8) is 0 Å². The van der Waals surface area contributed by atoms with Gasteiger partial charge in [-0.3, -0.25) is 4.79 Å². The van der Waals surface area contributed by atoms with Gasteiger partial charge in [-0.1, -0.05) is 26.0 Å². The number of carbonyl (C=O) groups is 1. The molecule has 0 aliphatic rings. The van der Waals surface area contributed by atoms with Crippen molar-refractivity contribution in [1.82, 2.24) is 0 Å². The predicted octanol–water partition coefficient (Wildman–Crippen LogP) is 4.22. The lowest BCUT2D eigenvalue weighted by Gasteiger charge is -2.22. The van der Waals surface area contributed by atoms with Crippen molar-refractivity contribution < 1.29 is 18.7 Å². The lowest BCUT2D eigenvalue weighted by atomic mass is 9.87. The van der Waals surface area contributed by atoms with Crippen LogP contribution in [0.2, 0.25) is 0 Å². The molecule has 0 fully saturated rings. The molecule has 1 atom stereocenters. The first kappa shape index (κ1) is 17.8. The molecule has 128 valence electrons. The van der Waals surface area contributed by atoms with Crippen LogP contribution < -0.4 is 14.8 Å². The number of hydrogen-bond donors (Lipinski definition) is 1. The molecule has 0 aliphatic carbocycles. The van der Waals surface area contributed by atoms with Crippen LogP contribution in [0.25, 0.3) is 0 Å². The van der Waals surface area contributed by atoms with Crippen molar-refractivity contribution in [2.45, 2.75) is 19.8 Å². The van der Waals surface area contributed by atoms with Crippen LogP contribution in [0.4, 0.5) is 10.1 Å². The van der Waals surface area contributed by atoms with E-state index in [0.717, 1.165) is 5.56 Å². The largest absolute Gasteiger partial charge is 0.493 e. The summed E-state index contributed by atoms with van der Waals surface area (Å²) in [7, 11) is 3.12. The summed E-state index contributed by atoms with van der Waals surface area (Å²) in [5.41, 5.74) is 1.25. The summed E-state index contributed by atoms with van der Waals surface area (Å²) >= 11 is 0. The van der Waals surface area contributed by atoms with Gasteiger partial charge < -0.3 is 14.8 Å². The van der Waals surface area contributed by atoms with Crippen LogP contribution in [0.1, 0.15) is 25.3 Å². The zero-order valence-electron chi connectivity index (χ0n) is 14.3. The number of carbonyl (C=O) groups excluding carboxylic acids is 1. The normalized spacial score (nSPS) is 11.9. The van der Waals surface area contributed by atoms with E-state index in [9.17, 15) is 9.18 Å². The lowest BCUT2D eigenvalue weighted by molar-refractivity contribution is -0.118. The minimum atomic E-state index is -0.395.